The third-order valence-corrected chi connectivity index (χ3v) is 4.63. The molecule has 5 N–H and O–H groups in total. The van der Waals surface area contributed by atoms with Crippen LogP contribution in [0.2, 0.25) is 0 Å². The van der Waals surface area contributed by atoms with Gasteiger partial charge < -0.3 is 21.5 Å². The molecule has 1 fully saturated rings. The van der Waals surface area contributed by atoms with E-state index in [0.29, 0.717) is 23.1 Å². The Morgan fingerprint density at radius 1 is 1.35 bits per heavy atom. The number of rotatable bonds is 8. The first-order valence-corrected chi connectivity index (χ1v) is 8.70. The lowest BCUT2D eigenvalue weighted by atomic mass is 10.2. The zero-order valence-electron chi connectivity index (χ0n) is 13.1. The van der Waals surface area contributed by atoms with E-state index in [-0.39, 0.29) is 18.0 Å². The molecule has 130 valence electrons. The zero-order valence-corrected chi connectivity index (χ0v) is 13.9. The molecular formula is C14H23F2N5OS. The van der Waals surface area contributed by atoms with Gasteiger partial charge in [-0.05, 0) is 25.7 Å². The van der Waals surface area contributed by atoms with Crippen LogP contribution in [0.4, 0.5) is 26.1 Å². The summed E-state index contributed by atoms with van der Waals surface area (Å²) in [6, 6.07) is 0.0818. The second-order valence-electron chi connectivity index (χ2n) is 5.50. The van der Waals surface area contributed by atoms with Crippen LogP contribution in [0.1, 0.15) is 32.6 Å². The summed E-state index contributed by atoms with van der Waals surface area (Å²) in [5.74, 6) is 1.66. The van der Waals surface area contributed by atoms with E-state index < -0.39 is 13.0 Å². The number of aromatic nitrogens is 2. The molecule has 1 saturated carbocycles. The maximum Gasteiger partial charge on any atom is 0.261 e. The Morgan fingerprint density at radius 2 is 2.13 bits per heavy atom. The first-order valence-electron chi connectivity index (χ1n) is 7.71. The van der Waals surface area contributed by atoms with E-state index in [4.69, 9.17) is 16.2 Å². The fourth-order valence-corrected chi connectivity index (χ4v) is 3.16. The average Bonchev–Trinajstić information content (AvgIpc) is 2.95. The van der Waals surface area contributed by atoms with Crippen molar-refractivity contribution in [2.45, 2.75) is 56.3 Å². The van der Waals surface area contributed by atoms with Gasteiger partial charge in [0.25, 0.3) is 6.43 Å². The molecule has 9 heteroatoms. The van der Waals surface area contributed by atoms with Gasteiger partial charge in [-0.2, -0.15) is 0 Å². The van der Waals surface area contributed by atoms with E-state index in [0.717, 1.165) is 25.0 Å². The summed E-state index contributed by atoms with van der Waals surface area (Å²) >= 11 is 1.52. The molecule has 1 aliphatic rings. The Labute approximate surface area is 138 Å². The third kappa shape index (κ3) is 5.35. The minimum atomic E-state index is -2.43. The van der Waals surface area contributed by atoms with Gasteiger partial charge in [-0.1, -0.05) is 18.7 Å². The number of alkyl halides is 2. The number of nitrogens with zero attached hydrogens (tertiary/aromatic N) is 2. The van der Waals surface area contributed by atoms with Gasteiger partial charge in [0.2, 0.25) is 0 Å². The summed E-state index contributed by atoms with van der Waals surface area (Å²) < 4.78 is 29.6. The molecule has 0 radical (unpaired) electrons. The van der Waals surface area contributed by atoms with E-state index in [1.807, 2.05) is 0 Å². The fraction of sp³-hybridized carbons (Fsp3) is 0.714. The minimum absolute atomic E-state index is 0.0818. The highest BCUT2D eigenvalue weighted by Gasteiger charge is 2.27. The van der Waals surface area contributed by atoms with Crippen LogP contribution in [0.15, 0.2) is 5.16 Å². The highest BCUT2D eigenvalue weighted by molar-refractivity contribution is 7.99. The minimum Gasteiger partial charge on any atom is -0.393 e. The molecule has 2 rings (SSSR count). The number of thioether (sulfide) groups is 1. The summed E-state index contributed by atoms with van der Waals surface area (Å²) in [4.78, 5) is 8.57. The van der Waals surface area contributed by atoms with Crippen LogP contribution in [-0.2, 0) is 4.74 Å². The van der Waals surface area contributed by atoms with Gasteiger partial charge >= 0.3 is 0 Å². The number of hydrogen-bond acceptors (Lipinski definition) is 7. The van der Waals surface area contributed by atoms with Crippen molar-refractivity contribution in [3.63, 3.8) is 0 Å². The van der Waals surface area contributed by atoms with Gasteiger partial charge in [0.05, 0.1) is 6.10 Å². The number of anilines is 3. The predicted molar refractivity (Wildman–Crippen MR) is 88.9 cm³/mol. The van der Waals surface area contributed by atoms with Crippen molar-refractivity contribution in [2.24, 2.45) is 0 Å². The number of halogens is 2. The molecule has 0 bridgehead atoms. The number of nitrogens with two attached hydrogens (primary N) is 2. The van der Waals surface area contributed by atoms with Crippen LogP contribution in [0.3, 0.4) is 0 Å². The Morgan fingerprint density at radius 3 is 2.83 bits per heavy atom. The molecule has 0 amide bonds. The van der Waals surface area contributed by atoms with Crippen LogP contribution in [0.5, 0.6) is 0 Å². The van der Waals surface area contributed by atoms with Crippen molar-refractivity contribution in [1.29, 1.82) is 0 Å². The van der Waals surface area contributed by atoms with Crippen molar-refractivity contribution in [2.75, 3.05) is 29.1 Å². The molecule has 1 aliphatic carbocycles. The Balaban J connectivity index is 1.95. The first-order chi connectivity index (χ1) is 11.0. The van der Waals surface area contributed by atoms with Crippen LogP contribution in [0, 0.1) is 0 Å². The van der Waals surface area contributed by atoms with E-state index in [2.05, 4.69) is 22.2 Å². The van der Waals surface area contributed by atoms with Crippen molar-refractivity contribution in [3.8, 4) is 0 Å². The second-order valence-corrected chi connectivity index (χ2v) is 6.56. The van der Waals surface area contributed by atoms with Crippen molar-refractivity contribution < 1.29 is 13.5 Å². The molecule has 0 spiro atoms. The van der Waals surface area contributed by atoms with Gasteiger partial charge in [-0.15, -0.1) is 0 Å². The second kappa shape index (κ2) is 8.49. The molecule has 6 nitrogen and oxygen atoms in total. The lowest BCUT2D eigenvalue weighted by molar-refractivity contribution is -0.0212. The van der Waals surface area contributed by atoms with Crippen molar-refractivity contribution >= 4 is 29.1 Å². The summed E-state index contributed by atoms with van der Waals surface area (Å²) in [6.07, 6.45) is 0.616. The molecule has 2 unspecified atom stereocenters. The summed E-state index contributed by atoms with van der Waals surface area (Å²) in [7, 11) is 0. The van der Waals surface area contributed by atoms with Crippen LogP contribution in [0.25, 0.3) is 0 Å². The Bertz CT molecular complexity index is 520. The number of hydrogen-bond donors (Lipinski definition) is 3. The molecule has 1 aromatic heterocycles. The molecule has 1 aromatic rings. The van der Waals surface area contributed by atoms with E-state index in [1.165, 1.54) is 11.8 Å². The smallest absolute Gasteiger partial charge is 0.261 e. The lowest BCUT2D eigenvalue weighted by Crippen LogP contribution is -2.21. The maximum absolute atomic E-state index is 12.2. The molecule has 0 aromatic carbocycles. The van der Waals surface area contributed by atoms with Crippen LogP contribution >= 0.6 is 11.8 Å². The molecule has 1 heterocycles. The largest absolute Gasteiger partial charge is 0.393 e. The van der Waals surface area contributed by atoms with Gasteiger partial charge in [0.15, 0.2) is 16.8 Å². The van der Waals surface area contributed by atoms with Crippen molar-refractivity contribution in [3.05, 3.63) is 0 Å². The fourth-order valence-electron chi connectivity index (χ4n) is 2.46. The number of nitrogens with one attached hydrogen (secondary N) is 1. The van der Waals surface area contributed by atoms with Gasteiger partial charge in [0.1, 0.15) is 12.3 Å². The maximum atomic E-state index is 12.2. The normalized spacial score (nSPS) is 21.0. The van der Waals surface area contributed by atoms with Crippen LogP contribution < -0.4 is 16.8 Å². The molecule has 0 aliphatic heterocycles. The predicted octanol–water partition coefficient (Wildman–Crippen LogP) is 2.76. The average molecular weight is 347 g/mol. The highest BCUT2D eigenvalue weighted by atomic mass is 32.2. The quantitative estimate of drug-likeness (QED) is 0.491. The Kier molecular flexibility index (Phi) is 6.64. The van der Waals surface area contributed by atoms with Crippen LogP contribution in [-0.4, -0.2) is 40.9 Å². The molecule has 2 atom stereocenters. The van der Waals surface area contributed by atoms with E-state index in [9.17, 15) is 8.78 Å². The third-order valence-electron chi connectivity index (χ3n) is 3.57. The first kappa shape index (κ1) is 18.0. The van der Waals surface area contributed by atoms with E-state index in [1.54, 1.807) is 0 Å². The standard InChI is InChI=1S/C14H23F2N5OS/c1-2-5-23-14-20-12(18)11(17)13(21-14)19-8-3-4-9(6-8)22-7-10(15)16/h8-10H,2-7,17H2,1H3,(H3,18,19,20,21). The highest BCUT2D eigenvalue weighted by Crippen LogP contribution is 2.30. The van der Waals surface area contributed by atoms with Gasteiger partial charge in [-0.25, -0.2) is 18.7 Å². The molecule has 23 heavy (non-hydrogen) atoms. The number of ether oxygens (including phenoxy) is 1. The lowest BCUT2D eigenvalue weighted by Gasteiger charge is -2.17. The number of nitrogen functional groups attached to an aromatic ring is 2. The van der Waals surface area contributed by atoms with Crippen molar-refractivity contribution in [1.82, 2.24) is 9.97 Å². The van der Waals surface area contributed by atoms with Gasteiger partial charge in [0, 0.05) is 11.8 Å². The summed E-state index contributed by atoms with van der Waals surface area (Å²) in [5.41, 5.74) is 12.1. The molecular weight excluding hydrogens is 324 g/mol. The summed E-state index contributed by atoms with van der Waals surface area (Å²) in [5, 5.41) is 3.84. The zero-order chi connectivity index (χ0) is 16.8. The summed E-state index contributed by atoms with van der Waals surface area (Å²) in [6.45, 7) is 1.56. The monoisotopic (exact) mass is 347 g/mol. The van der Waals surface area contributed by atoms with E-state index >= 15 is 0 Å². The van der Waals surface area contributed by atoms with Gasteiger partial charge in [-0.3, -0.25) is 0 Å². The SMILES string of the molecule is CCCSc1nc(N)c(N)c(NC2CCC(OCC(F)F)C2)n1. The molecule has 0 saturated heterocycles. The topological polar surface area (TPSA) is 99.1 Å². The Hall–Kier alpha value is -1.35.